The standard InChI is InChI=1S/C16H21ClN2O/c17-15-6-2-1-4-13(15)10-19-9-3-5-14(11-19)18-16(20)12-7-8-12/h1-2,4,6,12,14H,3,5,7-11H2,(H,18,20). The lowest BCUT2D eigenvalue weighted by Gasteiger charge is -2.33. The fourth-order valence-corrected chi connectivity index (χ4v) is 3.04. The Morgan fingerprint density at radius 1 is 1.30 bits per heavy atom. The SMILES string of the molecule is O=C(NC1CCCN(Cc2ccccc2Cl)C1)C1CC1. The lowest BCUT2D eigenvalue weighted by molar-refractivity contribution is -0.123. The third-order valence-corrected chi connectivity index (χ3v) is 4.52. The molecule has 1 aromatic carbocycles. The molecule has 1 atom stereocenters. The Morgan fingerprint density at radius 2 is 2.10 bits per heavy atom. The number of nitrogens with one attached hydrogen (secondary N) is 1. The van der Waals surface area contributed by atoms with Gasteiger partial charge in [0.05, 0.1) is 0 Å². The van der Waals surface area contributed by atoms with Crippen LogP contribution in [0.25, 0.3) is 0 Å². The summed E-state index contributed by atoms with van der Waals surface area (Å²) in [4.78, 5) is 14.2. The Morgan fingerprint density at radius 3 is 2.85 bits per heavy atom. The zero-order valence-electron chi connectivity index (χ0n) is 11.6. The molecule has 1 saturated heterocycles. The Kier molecular flexibility index (Phi) is 4.27. The molecule has 1 aliphatic heterocycles. The molecule has 1 aliphatic carbocycles. The summed E-state index contributed by atoms with van der Waals surface area (Å²) >= 11 is 6.22. The summed E-state index contributed by atoms with van der Waals surface area (Å²) in [6.45, 7) is 2.89. The molecular weight excluding hydrogens is 272 g/mol. The van der Waals surface area contributed by atoms with E-state index in [1.54, 1.807) is 0 Å². The van der Waals surface area contributed by atoms with E-state index in [1.807, 2.05) is 18.2 Å². The Hall–Kier alpha value is -1.06. The van der Waals surface area contributed by atoms with E-state index in [0.29, 0.717) is 12.0 Å². The van der Waals surface area contributed by atoms with Crippen LogP contribution in [0.5, 0.6) is 0 Å². The van der Waals surface area contributed by atoms with Crippen LogP contribution in [0.1, 0.15) is 31.2 Å². The van der Waals surface area contributed by atoms with Crippen LogP contribution in [0.3, 0.4) is 0 Å². The van der Waals surface area contributed by atoms with Crippen molar-refractivity contribution in [3.8, 4) is 0 Å². The van der Waals surface area contributed by atoms with E-state index in [2.05, 4.69) is 16.3 Å². The average molecular weight is 293 g/mol. The van der Waals surface area contributed by atoms with E-state index in [-0.39, 0.29) is 5.91 Å². The normalized spacial score (nSPS) is 23.6. The molecule has 1 unspecified atom stereocenters. The highest BCUT2D eigenvalue weighted by Crippen LogP contribution is 2.29. The number of rotatable bonds is 4. The van der Waals surface area contributed by atoms with Crippen molar-refractivity contribution in [1.29, 1.82) is 0 Å². The van der Waals surface area contributed by atoms with Crippen molar-refractivity contribution >= 4 is 17.5 Å². The molecule has 3 rings (SSSR count). The number of benzene rings is 1. The minimum absolute atomic E-state index is 0.259. The third-order valence-electron chi connectivity index (χ3n) is 4.15. The zero-order chi connectivity index (χ0) is 13.9. The van der Waals surface area contributed by atoms with Gasteiger partial charge in [0.2, 0.25) is 5.91 Å². The van der Waals surface area contributed by atoms with Gasteiger partial charge in [0.25, 0.3) is 0 Å². The van der Waals surface area contributed by atoms with Crippen molar-refractivity contribution in [3.63, 3.8) is 0 Å². The highest BCUT2D eigenvalue weighted by Gasteiger charge is 2.32. The molecule has 2 fully saturated rings. The van der Waals surface area contributed by atoms with Gasteiger partial charge in [0, 0.05) is 30.1 Å². The lowest BCUT2D eigenvalue weighted by Crippen LogP contribution is -2.47. The summed E-state index contributed by atoms with van der Waals surface area (Å²) in [6, 6.07) is 8.31. The summed E-state index contributed by atoms with van der Waals surface area (Å²) < 4.78 is 0. The van der Waals surface area contributed by atoms with Crippen LogP contribution in [-0.4, -0.2) is 29.9 Å². The van der Waals surface area contributed by atoms with Crippen molar-refractivity contribution in [2.24, 2.45) is 5.92 Å². The monoisotopic (exact) mass is 292 g/mol. The first-order valence-electron chi connectivity index (χ1n) is 7.48. The van der Waals surface area contributed by atoms with E-state index >= 15 is 0 Å². The molecule has 0 bridgehead atoms. The van der Waals surface area contributed by atoms with E-state index in [4.69, 9.17) is 11.6 Å². The second-order valence-corrected chi connectivity index (χ2v) is 6.36. The fourth-order valence-electron chi connectivity index (χ4n) is 2.85. The van der Waals surface area contributed by atoms with Crippen LogP contribution in [0, 0.1) is 5.92 Å². The molecular formula is C16H21ClN2O. The van der Waals surface area contributed by atoms with Crippen molar-refractivity contribution in [2.45, 2.75) is 38.3 Å². The first-order valence-corrected chi connectivity index (χ1v) is 7.86. The minimum Gasteiger partial charge on any atom is -0.352 e. The van der Waals surface area contributed by atoms with Crippen LogP contribution in [-0.2, 0) is 11.3 Å². The Bertz CT molecular complexity index is 487. The van der Waals surface area contributed by atoms with E-state index < -0.39 is 0 Å². The Balaban J connectivity index is 1.55. The van der Waals surface area contributed by atoms with Crippen LogP contribution in [0.15, 0.2) is 24.3 Å². The van der Waals surface area contributed by atoms with Gasteiger partial charge in [-0.3, -0.25) is 9.69 Å². The molecule has 1 saturated carbocycles. The van der Waals surface area contributed by atoms with E-state index in [9.17, 15) is 4.79 Å². The number of amides is 1. The molecule has 1 heterocycles. The summed E-state index contributed by atoms with van der Waals surface area (Å²) in [5.74, 6) is 0.559. The van der Waals surface area contributed by atoms with E-state index in [0.717, 1.165) is 50.3 Å². The van der Waals surface area contributed by atoms with Gasteiger partial charge >= 0.3 is 0 Å². The minimum atomic E-state index is 0.259. The van der Waals surface area contributed by atoms with Gasteiger partial charge in [-0.2, -0.15) is 0 Å². The van der Waals surface area contributed by atoms with Gasteiger partial charge in [0.1, 0.15) is 0 Å². The number of carbonyl (C=O) groups excluding carboxylic acids is 1. The molecule has 0 radical (unpaired) electrons. The van der Waals surface area contributed by atoms with Crippen LogP contribution in [0.2, 0.25) is 5.02 Å². The zero-order valence-corrected chi connectivity index (χ0v) is 12.4. The van der Waals surface area contributed by atoms with Gasteiger partial charge < -0.3 is 5.32 Å². The molecule has 4 heteroatoms. The lowest BCUT2D eigenvalue weighted by atomic mass is 10.0. The van der Waals surface area contributed by atoms with Crippen LogP contribution in [0.4, 0.5) is 0 Å². The number of hydrogen-bond donors (Lipinski definition) is 1. The summed E-state index contributed by atoms with van der Waals surface area (Å²) in [6.07, 6.45) is 4.38. The second-order valence-electron chi connectivity index (χ2n) is 5.95. The van der Waals surface area contributed by atoms with Crippen molar-refractivity contribution in [2.75, 3.05) is 13.1 Å². The average Bonchev–Trinajstić information content (AvgIpc) is 3.26. The molecule has 0 aromatic heterocycles. The number of piperidine rings is 1. The van der Waals surface area contributed by atoms with Gasteiger partial charge in [-0.1, -0.05) is 29.8 Å². The quantitative estimate of drug-likeness (QED) is 0.925. The molecule has 20 heavy (non-hydrogen) atoms. The predicted octanol–water partition coefficient (Wildman–Crippen LogP) is 2.83. The van der Waals surface area contributed by atoms with Gasteiger partial charge in [-0.05, 0) is 43.9 Å². The number of carbonyl (C=O) groups is 1. The maximum absolute atomic E-state index is 11.8. The highest BCUT2D eigenvalue weighted by atomic mass is 35.5. The number of hydrogen-bond acceptors (Lipinski definition) is 2. The third kappa shape index (κ3) is 3.53. The first-order chi connectivity index (χ1) is 9.72. The molecule has 1 N–H and O–H groups in total. The van der Waals surface area contributed by atoms with Gasteiger partial charge in [-0.15, -0.1) is 0 Å². The topological polar surface area (TPSA) is 32.3 Å². The van der Waals surface area contributed by atoms with Gasteiger partial charge in [0.15, 0.2) is 0 Å². The first kappa shape index (κ1) is 13.9. The van der Waals surface area contributed by atoms with Crippen molar-refractivity contribution in [3.05, 3.63) is 34.9 Å². The van der Waals surface area contributed by atoms with Crippen molar-refractivity contribution in [1.82, 2.24) is 10.2 Å². The van der Waals surface area contributed by atoms with E-state index in [1.165, 1.54) is 5.56 Å². The number of likely N-dealkylation sites (tertiary alicyclic amines) is 1. The number of nitrogens with zero attached hydrogens (tertiary/aromatic N) is 1. The largest absolute Gasteiger partial charge is 0.352 e. The molecule has 0 spiro atoms. The van der Waals surface area contributed by atoms with Crippen LogP contribution < -0.4 is 5.32 Å². The van der Waals surface area contributed by atoms with Crippen molar-refractivity contribution < 1.29 is 4.79 Å². The smallest absolute Gasteiger partial charge is 0.223 e. The molecule has 1 aromatic rings. The fraction of sp³-hybridized carbons (Fsp3) is 0.562. The Labute approximate surface area is 125 Å². The molecule has 1 amide bonds. The van der Waals surface area contributed by atoms with Crippen LogP contribution >= 0.6 is 11.6 Å². The number of halogens is 1. The summed E-state index contributed by atoms with van der Waals surface area (Å²) in [5, 5.41) is 4.03. The second kappa shape index (κ2) is 6.15. The highest BCUT2D eigenvalue weighted by molar-refractivity contribution is 6.31. The molecule has 3 nitrogen and oxygen atoms in total. The summed E-state index contributed by atoms with van der Waals surface area (Å²) in [7, 11) is 0. The molecule has 108 valence electrons. The maximum Gasteiger partial charge on any atom is 0.223 e. The predicted molar refractivity (Wildman–Crippen MR) is 80.6 cm³/mol. The maximum atomic E-state index is 11.8. The molecule has 2 aliphatic rings. The summed E-state index contributed by atoms with van der Waals surface area (Å²) in [5.41, 5.74) is 1.17. The van der Waals surface area contributed by atoms with Gasteiger partial charge in [-0.25, -0.2) is 0 Å².